The average molecular weight is 445 g/mol. The third-order valence-electron chi connectivity index (χ3n) is 5.77. The van der Waals surface area contributed by atoms with Gasteiger partial charge >= 0.3 is 0 Å². The number of halogens is 1. The molecule has 0 saturated carbocycles. The Morgan fingerprint density at radius 2 is 1.84 bits per heavy atom. The van der Waals surface area contributed by atoms with Gasteiger partial charge < -0.3 is 24.0 Å². The van der Waals surface area contributed by atoms with Crippen molar-refractivity contribution in [1.29, 1.82) is 0 Å². The normalized spacial score (nSPS) is 21.3. The lowest BCUT2D eigenvalue weighted by Gasteiger charge is -2.34. The first-order chi connectivity index (χ1) is 15.0. The van der Waals surface area contributed by atoms with E-state index in [1.165, 1.54) is 14.2 Å². The minimum absolute atomic E-state index is 0.0290. The molecular weight excluding hydrogens is 420 g/mol. The Morgan fingerprint density at radius 1 is 1.10 bits per heavy atom. The number of methoxy groups -OCH3 is 2. The largest absolute Gasteiger partial charge is 0.495 e. The second-order valence-corrected chi connectivity index (χ2v) is 8.03. The van der Waals surface area contributed by atoms with Crippen LogP contribution >= 0.6 is 11.6 Å². The molecule has 0 unspecified atom stereocenters. The third kappa shape index (κ3) is 4.34. The third-order valence-corrected chi connectivity index (χ3v) is 6.06. The molecule has 0 aliphatic carbocycles. The predicted molar refractivity (Wildman–Crippen MR) is 117 cm³/mol. The van der Waals surface area contributed by atoms with Gasteiger partial charge in [-0.3, -0.25) is 9.59 Å². The molecule has 164 valence electrons. The molecule has 31 heavy (non-hydrogen) atoms. The minimum Gasteiger partial charge on any atom is -0.495 e. The van der Waals surface area contributed by atoms with Gasteiger partial charge in [-0.15, -0.1) is 0 Å². The molecule has 0 bridgehead atoms. The Morgan fingerprint density at radius 3 is 2.55 bits per heavy atom. The van der Waals surface area contributed by atoms with Gasteiger partial charge in [0.25, 0.3) is 0 Å². The lowest BCUT2D eigenvalue weighted by molar-refractivity contribution is -0.143. The zero-order valence-electron chi connectivity index (χ0n) is 17.5. The molecule has 2 aromatic rings. The molecule has 2 atom stereocenters. The molecule has 0 aromatic heterocycles. The average Bonchev–Trinajstić information content (AvgIpc) is 3.20. The molecule has 0 radical (unpaired) electrons. The summed E-state index contributed by atoms with van der Waals surface area (Å²) in [4.78, 5) is 29.4. The second kappa shape index (κ2) is 9.16. The maximum atomic E-state index is 13.2. The number of ether oxygens (including phenoxy) is 3. The Hall–Kier alpha value is -2.77. The highest BCUT2D eigenvalue weighted by Crippen LogP contribution is 2.40. The molecule has 2 amide bonds. The van der Waals surface area contributed by atoms with Gasteiger partial charge in [-0.1, -0.05) is 41.9 Å². The van der Waals surface area contributed by atoms with Crippen molar-refractivity contribution < 1.29 is 23.8 Å². The van der Waals surface area contributed by atoms with Gasteiger partial charge in [0.15, 0.2) is 0 Å². The maximum Gasteiger partial charge on any atom is 0.228 e. The summed E-state index contributed by atoms with van der Waals surface area (Å²) < 4.78 is 16.5. The van der Waals surface area contributed by atoms with E-state index < -0.39 is 5.92 Å². The van der Waals surface area contributed by atoms with Crippen LogP contribution in [0.4, 0.5) is 5.69 Å². The van der Waals surface area contributed by atoms with Gasteiger partial charge in [-0.25, -0.2) is 0 Å². The van der Waals surface area contributed by atoms with Crippen molar-refractivity contribution in [2.75, 3.05) is 45.4 Å². The fourth-order valence-electron chi connectivity index (χ4n) is 4.14. The van der Waals surface area contributed by atoms with E-state index in [1.807, 2.05) is 30.3 Å². The summed E-state index contributed by atoms with van der Waals surface area (Å²) in [5.74, 6) is 0.344. The summed E-state index contributed by atoms with van der Waals surface area (Å²) in [6, 6.07) is 13.2. The molecule has 0 N–H and O–H groups in total. The quantitative estimate of drug-likeness (QED) is 0.707. The number of anilines is 1. The molecule has 8 heteroatoms. The lowest BCUT2D eigenvalue weighted by atomic mass is 10.0. The summed E-state index contributed by atoms with van der Waals surface area (Å²) in [6.07, 6.45) is -0.00785. The van der Waals surface area contributed by atoms with Crippen LogP contribution in [-0.2, 0) is 14.3 Å². The first-order valence-corrected chi connectivity index (χ1v) is 10.6. The van der Waals surface area contributed by atoms with Gasteiger partial charge in [0.1, 0.15) is 17.6 Å². The van der Waals surface area contributed by atoms with Crippen LogP contribution in [0.2, 0.25) is 5.02 Å². The number of carbonyl (C=O) groups excluding carboxylic acids is 2. The minimum atomic E-state index is -0.424. The van der Waals surface area contributed by atoms with Crippen molar-refractivity contribution in [3.63, 3.8) is 0 Å². The van der Waals surface area contributed by atoms with Gasteiger partial charge in [-0.05, 0) is 11.6 Å². The van der Waals surface area contributed by atoms with Crippen LogP contribution < -0.4 is 14.4 Å². The number of amides is 2. The van der Waals surface area contributed by atoms with E-state index >= 15 is 0 Å². The van der Waals surface area contributed by atoms with E-state index in [9.17, 15) is 9.59 Å². The maximum absolute atomic E-state index is 13.2. The molecule has 4 rings (SSSR count). The van der Waals surface area contributed by atoms with Gasteiger partial charge in [0.05, 0.1) is 44.0 Å². The number of hydrogen-bond donors (Lipinski definition) is 0. The number of morpholine rings is 1. The number of rotatable bonds is 5. The molecule has 2 aliphatic heterocycles. The fraction of sp³-hybridized carbons (Fsp3) is 0.391. The number of carbonyl (C=O) groups is 2. The van der Waals surface area contributed by atoms with Crippen molar-refractivity contribution in [3.8, 4) is 11.5 Å². The highest BCUT2D eigenvalue weighted by atomic mass is 35.5. The van der Waals surface area contributed by atoms with E-state index in [4.69, 9.17) is 25.8 Å². The molecule has 2 fully saturated rings. The SMILES string of the molecule is COc1cc(OC)c(N2C[C@@H](C(=O)N3CCO[C@H](c4ccccc4)C3)CC2=O)cc1Cl. The van der Waals surface area contributed by atoms with Crippen molar-refractivity contribution in [2.24, 2.45) is 5.92 Å². The number of hydrogen-bond acceptors (Lipinski definition) is 5. The predicted octanol–water partition coefficient (Wildman–Crippen LogP) is 3.31. The summed E-state index contributed by atoms with van der Waals surface area (Å²) in [5, 5.41) is 0.375. The van der Waals surface area contributed by atoms with E-state index in [2.05, 4.69) is 0 Å². The topological polar surface area (TPSA) is 68.3 Å². The van der Waals surface area contributed by atoms with Gasteiger partial charge in [0.2, 0.25) is 11.8 Å². The van der Waals surface area contributed by atoms with Crippen molar-refractivity contribution in [1.82, 2.24) is 4.90 Å². The van der Waals surface area contributed by atoms with Crippen molar-refractivity contribution in [2.45, 2.75) is 12.5 Å². The van der Waals surface area contributed by atoms with E-state index in [1.54, 1.807) is 21.9 Å². The van der Waals surface area contributed by atoms with E-state index in [0.29, 0.717) is 41.9 Å². The Kier molecular flexibility index (Phi) is 6.34. The summed E-state index contributed by atoms with van der Waals surface area (Å²) in [7, 11) is 3.04. The standard InChI is InChI=1S/C23H25ClN2O5/c1-29-19-12-20(30-2)18(11-17(19)24)26-13-16(10-22(26)27)23(28)25-8-9-31-21(14-25)15-6-4-3-5-7-15/h3-7,11-12,16,21H,8-10,13-14H2,1-2H3/t16-,21-/m0/s1. The van der Waals surface area contributed by atoms with Crippen LogP contribution in [0.15, 0.2) is 42.5 Å². The number of benzene rings is 2. The highest BCUT2D eigenvalue weighted by Gasteiger charge is 2.39. The lowest BCUT2D eigenvalue weighted by Crippen LogP contribution is -2.45. The van der Waals surface area contributed by atoms with Gasteiger partial charge in [0, 0.05) is 25.6 Å². The first kappa shape index (κ1) is 21.5. The Balaban J connectivity index is 1.49. The smallest absolute Gasteiger partial charge is 0.228 e. The Labute approximate surface area is 186 Å². The van der Waals surface area contributed by atoms with E-state index in [0.717, 1.165) is 5.56 Å². The summed E-state index contributed by atoms with van der Waals surface area (Å²) >= 11 is 6.27. The molecule has 2 saturated heterocycles. The molecular formula is C23H25ClN2O5. The molecule has 7 nitrogen and oxygen atoms in total. The van der Waals surface area contributed by atoms with Crippen LogP contribution in [0.3, 0.4) is 0 Å². The molecule has 2 heterocycles. The van der Waals surface area contributed by atoms with E-state index in [-0.39, 0.29) is 30.9 Å². The summed E-state index contributed by atoms with van der Waals surface area (Å²) in [5.41, 5.74) is 1.58. The van der Waals surface area contributed by atoms with Crippen LogP contribution in [0.1, 0.15) is 18.1 Å². The monoisotopic (exact) mass is 444 g/mol. The van der Waals surface area contributed by atoms with Crippen LogP contribution in [-0.4, -0.2) is 57.2 Å². The number of nitrogens with zero attached hydrogens (tertiary/aromatic N) is 2. The molecule has 0 spiro atoms. The second-order valence-electron chi connectivity index (χ2n) is 7.62. The molecule has 2 aliphatic rings. The first-order valence-electron chi connectivity index (χ1n) is 10.2. The zero-order chi connectivity index (χ0) is 22.0. The summed E-state index contributed by atoms with van der Waals surface area (Å²) in [6.45, 7) is 1.75. The zero-order valence-corrected chi connectivity index (χ0v) is 18.3. The van der Waals surface area contributed by atoms with Crippen LogP contribution in [0.5, 0.6) is 11.5 Å². The van der Waals surface area contributed by atoms with Crippen LogP contribution in [0.25, 0.3) is 0 Å². The fourth-order valence-corrected chi connectivity index (χ4v) is 4.37. The van der Waals surface area contributed by atoms with Crippen molar-refractivity contribution >= 4 is 29.1 Å². The Bertz CT molecular complexity index is 968. The van der Waals surface area contributed by atoms with Crippen molar-refractivity contribution in [3.05, 3.63) is 53.1 Å². The highest BCUT2D eigenvalue weighted by molar-refractivity contribution is 6.32. The van der Waals surface area contributed by atoms with Crippen LogP contribution in [0, 0.1) is 5.92 Å². The van der Waals surface area contributed by atoms with Gasteiger partial charge in [-0.2, -0.15) is 0 Å². The molecule has 2 aromatic carbocycles.